The van der Waals surface area contributed by atoms with Crippen LogP contribution in [0.4, 0.5) is 10.1 Å². The van der Waals surface area contributed by atoms with Gasteiger partial charge in [0.2, 0.25) is 5.91 Å². The van der Waals surface area contributed by atoms with Crippen molar-refractivity contribution in [3.8, 4) is 0 Å². The molecule has 2 rings (SSSR count). The number of halogens is 1. The number of aliphatic hydroxyl groups excluding tert-OH is 1. The number of anilines is 1. The van der Waals surface area contributed by atoms with Gasteiger partial charge in [0, 0.05) is 18.8 Å². The van der Waals surface area contributed by atoms with E-state index in [0.717, 1.165) is 6.42 Å². The van der Waals surface area contributed by atoms with Gasteiger partial charge in [0.25, 0.3) is 0 Å². The van der Waals surface area contributed by atoms with Crippen molar-refractivity contribution in [2.75, 3.05) is 31.6 Å². The molecule has 2 N–H and O–H groups in total. The monoisotopic (exact) mass is 316 g/mol. The summed E-state index contributed by atoms with van der Waals surface area (Å²) >= 11 is 0. The zero-order chi connectivity index (χ0) is 16.5. The average Bonchev–Trinajstić information content (AvgIpc) is 2.56. The first-order valence-corrected chi connectivity index (χ1v) is 7.60. The zero-order valence-corrected chi connectivity index (χ0v) is 12.9. The second-order valence-electron chi connectivity index (χ2n) is 5.29. The van der Waals surface area contributed by atoms with Gasteiger partial charge in [-0.25, -0.2) is 4.39 Å². The number of hydrogen-bond donors (Lipinski definition) is 2. The van der Waals surface area contributed by atoms with Crippen molar-refractivity contribution in [1.29, 1.82) is 0 Å². The Morgan fingerprint density at radius 1 is 1.04 bits per heavy atom. The van der Waals surface area contributed by atoms with E-state index in [0.29, 0.717) is 18.8 Å². The Labute approximate surface area is 135 Å². The van der Waals surface area contributed by atoms with E-state index in [2.05, 4.69) is 5.32 Å². The van der Waals surface area contributed by atoms with Gasteiger partial charge in [0.05, 0.1) is 13.2 Å². The van der Waals surface area contributed by atoms with Crippen LogP contribution in [-0.2, 0) is 11.2 Å². The van der Waals surface area contributed by atoms with Gasteiger partial charge in [-0.3, -0.25) is 9.69 Å². The van der Waals surface area contributed by atoms with E-state index < -0.39 is 0 Å². The summed E-state index contributed by atoms with van der Waals surface area (Å²) in [6.45, 7) is 1.30. The molecule has 23 heavy (non-hydrogen) atoms. The van der Waals surface area contributed by atoms with Crippen molar-refractivity contribution < 1.29 is 14.3 Å². The second kappa shape index (κ2) is 9.02. The quantitative estimate of drug-likeness (QED) is 0.786. The van der Waals surface area contributed by atoms with Crippen LogP contribution in [0, 0.1) is 5.82 Å². The third-order valence-electron chi connectivity index (χ3n) is 3.47. The topological polar surface area (TPSA) is 52.6 Å². The van der Waals surface area contributed by atoms with Crippen LogP contribution in [0.25, 0.3) is 0 Å². The van der Waals surface area contributed by atoms with E-state index in [-0.39, 0.29) is 24.9 Å². The number of rotatable bonds is 8. The van der Waals surface area contributed by atoms with Gasteiger partial charge < -0.3 is 10.4 Å². The molecule has 0 atom stereocenters. The highest BCUT2D eigenvalue weighted by Gasteiger charge is 2.11. The molecule has 0 bridgehead atoms. The summed E-state index contributed by atoms with van der Waals surface area (Å²) in [7, 11) is 0. The Bertz CT molecular complexity index is 602. The lowest BCUT2D eigenvalue weighted by molar-refractivity contribution is -0.117. The van der Waals surface area contributed by atoms with Crippen molar-refractivity contribution in [3.05, 3.63) is 66.0 Å². The molecular formula is C18H21FN2O2. The van der Waals surface area contributed by atoms with Gasteiger partial charge in [-0.15, -0.1) is 0 Å². The average molecular weight is 316 g/mol. The fourth-order valence-electron chi connectivity index (χ4n) is 2.28. The van der Waals surface area contributed by atoms with Crippen molar-refractivity contribution in [1.82, 2.24) is 4.90 Å². The Balaban J connectivity index is 1.85. The number of benzene rings is 2. The number of carbonyl (C=O) groups is 1. The summed E-state index contributed by atoms with van der Waals surface area (Å²) in [5, 5.41) is 11.9. The van der Waals surface area contributed by atoms with Crippen molar-refractivity contribution >= 4 is 11.6 Å². The summed E-state index contributed by atoms with van der Waals surface area (Å²) in [6, 6.07) is 15.6. The molecule has 5 heteroatoms. The summed E-state index contributed by atoms with van der Waals surface area (Å²) in [6.07, 6.45) is 0.810. The van der Waals surface area contributed by atoms with Crippen molar-refractivity contribution in [2.45, 2.75) is 6.42 Å². The van der Waals surface area contributed by atoms with Crippen LogP contribution >= 0.6 is 0 Å². The fraction of sp³-hybridized carbons (Fsp3) is 0.278. The minimum absolute atomic E-state index is 0.00137. The highest BCUT2D eigenvalue weighted by molar-refractivity contribution is 5.92. The standard InChI is InChI=1S/C18H21FN2O2/c19-16-6-8-17(9-7-16)20-18(23)14-21(12-13-22)11-10-15-4-2-1-3-5-15/h1-9,22H,10-14H2,(H,20,23). The molecule has 4 nitrogen and oxygen atoms in total. The third-order valence-corrected chi connectivity index (χ3v) is 3.47. The number of nitrogens with one attached hydrogen (secondary N) is 1. The third kappa shape index (κ3) is 6.18. The van der Waals surface area contributed by atoms with Crippen LogP contribution in [0.15, 0.2) is 54.6 Å². The predicted octanol–water partition coefficient (Wildman–Crippen LogP) is 2.30. The molecule has 0 saturated carbocycles. The molecule has 1 amide bonds. The summed E-state index contributed by atoms with van der Waals surface area (Å²) < 4.78 is 12.8. The molecular weight excluding hydrogens is 295 g/mol. The summed E-state index contributed by atoms with van der Waals surface area (Å²) in [5.74, 6) is -0.522. The van der Waals surface area contributed by atoms with Gasteiger partial charge in [0.1, 0.15) is 5.82 Å². The first kappa shape index (κ1) is 17.1. The van der Waals surface area contributed by atoms with Crippen LogP contribution in [0.2, 0.25) is 0 Å². The largest absolute Gasteiger partial charge is 0.395 e. The molecule has 0 spiro atoms. The Morgan fingerprint density at radius 3 is 2.39 bits per heavy atom. The van der Waals surface area contributed by atoms with Gasteiger partial charge >= 0.3 is 0 Å². The van der Waals surface area contributed by atoms with E-state index in [1.165, 1.54) is 29.8 Å². The number of carbonyl (C=O) groups excluding carboxylic acids is 1. The first-order chi connectivity index (χ1) is 11.2. The van der Waals surface area contributed by atoms with Gasteiger partial charge in [-0.2, -0.15) is 0 Å². The zero-order valence-electron chi connectivity index (χ0n) is 12.9. The Morgan fingerprint density at radius 2 is 1.74 bits per heavy atom. The molecule has 0 radical (unpaired) electrons. The van der Waals surface area contributed by atoms with E-state index in [1.807, 2.05) is 35.2 Å². The van der Waals surface area contributed by atoms with E-state index >= 15 is 0 Å². The lowest BCUT2D eigenvalue weighted by Crippen LogP contribution is -2.36. The predicted molar refractivity (Wildman–Crippen MR) is 88.7 cm³/mol. The maximum Gasteiger partial charge on any atom is 0.238 e. The lowest BCUT2D eigenvalue weighted by atomic mass is 10.1. The number of amides is 1. The SMILES string of the molecule is O=C(CN(CCO)CCc1ccccc1)Nc1ccc(F)cc1. The van der Waals surface area contributed by atoms with E-state index in [1.54, 1.807) is 0 Å². The first-order valence-electron chi connectivity index (χ1n) is 7.60. The molecule has 0 aromatic heterocycles. The molecule has 122 valence electrons. The maximum atomic E-state index is 12.8. The van der Waals surface area contributed by atoms with Crippen LogP contribution in [0.3, 0.4) is 0 Å². The lowest BCUT2D eigenvalue weighted by Gasteiger charge is -2.20. The molecule has 0 heterocycles. The summed E-state index contributed by atoms with van der Waals surface area (Å²) in [5.41, 5.74) is 1.75. The molecule has 0 fully saturated rings. The Kier molecular flexibility index (Phi) is 6.72. The fourth-order valence-corrected chi connectivity index (χ4v) is 2.28. The van der Waals surface area contributed by atoms with E-state index in [9.17, 15) is 9.18 Å². The minimum atomic E-state index is -0.340. The highest BCUT2D eigenvalue weighted by atomic mass is 19.1. The number of aliphatic hydroxyl groups is 1. The normalized spacial score (nSPS) is 10.7. The number of nitrogens with zero attached hydrogens (tertiary/aromatic N) is 1. The Hall–Kier alpha value is -2.24. The smallest absolute Gasteiger partial charge is 0.238 e. The second-order valence-corrected chi connectivity index (χ2v) is 5.29. The molecule has 0 aliphatic carbocycles. The van der Waals surface area contributed by atoms with Gasteiger partial charge in [-0.1, -0.05) is 30.3 Å². The van der Waals surface area contributed by atoms with E-state index in [4.69, 9.17) is 5.11 Å². The van der Waals surface area contributed by atoms with Crippen molar-refractivity contribution in [2.24, 2.45) is 0 Å². The van der Waals surface area contributed by atoms with Crippen molar-refractivity contribution in [3.63, 3.8) is 0 Å². The molecule has 0 aliphatic heterocycles. The highest BCUT2D eigenvalue weighted by Crippen LogP contribution is 2.08. The minimum Gasteiger partial charge on any atom is -0.395 e. The van der Waals surface area contributed by atoms with Crippen LogP contribution in [-0.4, -0.2) is 42.2 Å². The number of hydrogen-bond acceptors (Lipinski definition) is 3. The van der Waals surface area contributed by atoms with Gasteiger partial charge in [0.15, 0.2) is 0 Å². The van der Waals surface area contributed by atoms with Crippen LogP contribution in [0.1, 0.15) is 5.56 Å². The molecule has 0 unspecified atom stereocenters. The van der Waals surface area contributed by atoms with Crippen LogP contribution < -0.4 is 5.32 Å². The molecule has 0 saturated heterocycles. The summed E-state index contributed by atoms with van der Waals surface area (Å²) in [4.78, 5) is 14.0. The molecule has 2 aromatic rings. The molecule has 2 aromatic carbocycles. The maximum absolute atomic E-state index is 12.8. The molecule has 0 aliphatic rings. The van der Waals surface area contributed by atoms with Crippen LogP contribution in [0.5, 0.6) is 0 Å². The van der Waals surface area contributed by atoms with Gasteiger partial charge in [-0.05, 0) is 36.2 Å².